The first-order chi connectivity index (χ1) is 15.1. The largest absolute Gasteiger partial charge is 0.349 e. The summed E-state index contributed by atoms with van der Waals surface area (Å²) in [5.41, 5.74) is 1.59. The predicted octanol–water partition coefficient (Wildman–Crippen LogP) is 0.812. The molecule has 1 saturated heterocycles. The molecule has 32 heavy (non-hydrogen) atoms. The van der Waals surface area contributed by atoms with E-state index in [0.717, 1.165) is 17.1 Å². The van der Waals surface area contributed by atoms with Gasteiger partial charge in [-0.15, -0.1) is 0 Å². The molecule has 1 aliphatic heterocycles. The second-order valence-electron chi connectivity index (χ2n) is 8.24. The number of nitrogens with one attached hydrogen (secondary N) is 2. The van der Waals surface area contributed by atoms with Crippen molar-refractivity contribution in [3.8, 4) is 0 Å². The summed E-state index contributed by atoms with van der Waals surface area (Å²) in [4.78, 5) is 27.0. The molecule has 174 valence electrons. The summed E-state index contributed by atoms with van der Waals surface area (Å²) in [6.45, 7) is 3.28. The monoisotopic (exact) mass is 462 g/mol. The third-order valence-corrected chi connectivity index (χ3v) is 7.44. The summed E-state index contributed by atoms with van der Waals surface area (Å²) in [6, 6.07) is 4.92. The molecule has 0 aliphatic carbocycles. The highest BCUT2D eigenvalue weighted by Gasteiger charge is 2.24. The van der Waals surface area contributed by atoms with E-state index >= 15 is 0 Å². The Morgan fingerprint density at radius 2 is 1.91 bits per heavy atom. The van der Waals surface area contributed by atoms with Crippen LogP contribution in [0.5, 0.6) is 0 Å². The van der Waals surface area contributed by atoms with Crippen LogP contribution in [-0.4, -0.2) is 79.0 Å². The Hall–Kier alpha value is -2.76. The number of benzene rings is 1. The van der Waals surface area contributed by atoms with Crippen LogP contribution in [0.2, 0.25) is 0 Å². The first-order valence-electron chi connectivity index (χ1n) is 10.4. The molecular formula is C21H30N6O4S. The summed E-state index contributed by atoms with van der Waals surface area (Å²) in [7, 11) is 1.12. The fraction of sp³-hybridized carbons (Fsp3) is 0.476. The molecule has 1 fully saturated rings. The molecule has 1 aliphatic rings. The maximum Gasteiger partial charge on any atom is 0.254 e. The lowest BCUT2D eigenvalue weighted by Gasteiger charge is -2.31. The molecule has 10 nitrogen and oxygen atoms in total. The van der Waals surface area contributed by atoms with Crippen LogP contribution in [0.1, 0.15) is 28.8 Å². The maximum atomic E-state index is 12.5. The summed E-state index contributed by atoms with van der Waals surface area (Å²) >= 11 is 0. The minimum Gasteiger partial charge on any atom is -0.349 e. The third-order valence-electron chi connectivity index (χ3n) is 5.49. The minimum atomic E-state index is -3.60. The van der Waals surface area contributed by atoms with Gasteiger partial charge < -0.3 is 10.6 Å². The van der Waals surface area contributed by atoms with Crippen LogP contribution in [0.4, 0.5) is 5.69 Å². The molecule has 2 heterocycles. The quantitative estimate of drug-likeness (QED) is 0.629. The number of hydrogen-bond donors (Lipinski definition) is 2. The van der Waals surface area contributed by atoms with Gasteiger partial charge in [-0.1, -0.05) is 6.07 Å². The Morgan fingerprint density at radius 3 is 2.50 bits per heavy atom. The van der Waals surface area contributed by atoms with Crippen LogP contribution in [0, 0.1) is 6.92 Å². The number of likely N-dealkylation sites (tertiary alicyclic amines) is 1. The molecule has 0 radical (unpaired) electrons. The van der Waals surface area contributed by atoms with Crippen molar-refractivity contribution in [1.82, 2.24) is 24.3 Å². The van der Waals surface area contributed by atoms with Gasteiger partial charge in [-0.25, -0.2) is 12.7 Å². The third kappa shape index (κ3) is 5.72. The summed E-state index contributed by atoms with van der Waals surface area (Å²) in [5, 5.41) is 9.82. The molecule has 1 aromatic heterocycles. The molecule has 2 N–H and O–H groups in total. The number of carbonyl (C=O) groups is 2. The van der Waals surface area contributed by atoms with E-state index in [0.29, 0.717) is 29.9 Å². The van der Waals surface area contributed by atoms with E-state index in [-0.39, 0.29) is 29.3 Å². The smallest absolute Gasteiger partial charge is 0.254 e. The maximum absolute atomic E-state index is 12.5. The van der Waals surface area contributed by atoms with E-state index in [2.05, 4.69) is 15.7 Å². The standard InChI is InChI=1S/C21H30N6O4S/c1-15-5-6-18(11-19(15)32(30,31)25(2)3)23-20(28)14-27-9-7-17(8-10-27)24-21(29)16-12-22-26(4)13-16/h5-6,11-13,17H,7-10,14H2,1-4H3,(H,23,28)(H,24,29). The van der Waals surface area contributed by atoms with Gasteiger partial charge in [0.2, 0.25) is 15.9 Å². The second-order valence-corrected chi connectivity index (χ2v) is 10.4. The van der Waals surface area contributed by atoms with Crippen molar-refractivity contribution in [2.24, 2.45) is 7.05 Å². The highest BCUT2D eigenvalue weighted by atomic mass is 32.2. The second kappa shape index (κ2) is 9.80. The first kappa shape index (κ1) is 23.9. The topological polar surface area (TPSA) is 117 Å². The molecule has 2 amide bonds. The van der Waals surface area contributed by atoms with E-state index in [1.54, 1.807) is 37.0 Å². The van der Waals surface area contributed by atoms with E-state index in [1.807, 2.05) is 4.90 Å². The van der Waals surface area contributed by atoms with Gasteiger partial charge in [0.05, 0.1) is 23.2 Å². The van der Waals surface area contributed by atoms with Crippen molar-refractivity contribution in [3.63, 3.8) is 0 Å². The van der Waals surface area contributed by atoms with Crippen LogP contribution in [0.25, 0.3) is 0 Å². The average molecular weight is 463 g/mol. The zero-order chi connectivity index (χ0) is 23.5. The molecule has 11 heteroatoms. The molecule has 3 rings (SSSR count). The van der Waals surface area contributed by atoms with Crippen molar-refractivity contribution >= 4 is 27.5 Å². The van der Waals surface area contributed by atoms with Crippen LogP contribution < -0.4 is 10.6 Å². The number of anilines is 1. The van der Waals surface area contributed by atoms with Gasteiger partial charge in [0.25, 0.3) is 5.91 Å². The van der Waals surface area contributed by atoms with Crippen LogP contribution in [-0.2, 0) is 21.9 Å². The van der Waals surface area contributed by atoms with Gasteiger partial charge in [0, 0.05) is 52.2 Å². The number of aryl methyl sites for hydroxylation is 2. The Labute approximate surface area is 188 Å². The highest BCUT2D eigenvalue weighted by molar-refractivity contribution is 7.89. The van der Waals surface area contributed by atoms with E-state index in [1.165, 1.54) is 26.4 Å². The Kier molecular flexibility index (Phi) is 7.32. The molecule has 0 bridgehead atoms. The van der Waals surface area contributed by atoms with E-state index < -0.39 is 10.0 Å². The molecule has 0 saturated carbocycles. The SMILES string of the molecule is Cc1ccc(NC(=O)CN2CCC(NC(=O)c3cnn(C)c3)CC2)cc1S(=O)(=O)N(C)C. The zero-order valence-corrected chi connectivity index (χ0v) is 19.6. The van der Waals surface area contributed by atoms with Crippen molar-refractivity contribution in [2.75, 3.05) is 39.0 Å². The Bertz CT molecular complexity index is 1090. The molecule has 2 aromatic rings. The number of aromatic nitrogens is 2. The zero-order valence-electron chi connectivity index (χ0n) is 18.8. The molecular weight excluding hydrogens is 432 g/mol. The number of sulfonamides is 1. The molecule has 0 unspecified atom stereocenters. The number of amides is 2. The lowest BCUT2D eigenvalue weighted by Crippen LogP contribution is -2.46. The van der Waals surface area contributed by atoms with Crippen molar-refractivity contribution in [3.05, 3.63) is 41.7 Å². The molecule has 0 atom stereocenters. The highest BCUT2D eigenvalue weighted by Crippen LogP contribution is 2.22. The number of piperidine rings is 1. The number of nitrogens with zero attached hydrogens (tertiary/aromatic N) is 4. The van der Waals surface area contributed by atoms with E-state index in [9.17, 15) is 18.0 Å². The number of hydrogen-bond acceptors (Lipinski definition) is 6. The Balaban J connectivity index is 1.51. The van der Waals surface area contributed by atoms with Gasteiger partial charge in [-0.2, -0.15) is 5.10 Å². The number of carbonyl (C=O) groups excluding carboxylic acids is 2. The van der Waals surface area contributed by atoms with Crippen LogP contribution in [0.15, 0.2) is 35.5 Å². The fourth-order valence-corrected chi connectivity index (χ4v) is 4.74. The van der Waals surface area contributed by atoms with Crippen LogP contribution in [0.3, 0.4) is 0 Å². The van der Waals surface area contributed by atoms with Gasteiger partial charge >= 0.3 is 0 Å². The normalized spacial score (nSPS) is 15.7. The van der Waals surface area contributed by atoms with Crippen molar-refractivity contribution < 1.29 is 18.0 Å². The molecule has 1 aromatic carbocycles. The van der Waals surface area contributed by atoms with Gasteiger partial charge in [0.15, 0.2) is 0 Å². The van der Waals surface area contributed by atoms with Gasteiger partial charge in [0.1, 0.15) is 0 Å². The average Bonchev–Trinajstić information content (AvgIpc) is 3.17. The van der Waals surface area contributed by atoms with Crippen molar-refractivity contribution in [1.29, 1.82) is 0 Å². The van der Waals surface area contributed by atoms with Crippen LogP contribution >= 0.6 is 0 Å². The lowest BCUT2D eigenvalue weighted by molar-refractivity contribution is -0.117. The minimum absolute atomic E-state index is 0.0536. The van der Waals surface area contributed by atoms with Gasteiger partial charge in [-0.05, 0) is 37.5 Å². The summed E-state index contributed by atoms with van der Waals surface area (Å²) < 4.78 is 27.7. The van der Waals surface area contributed by atoms with Gasteiger partial charge in [-0.3, -0.25) is 19.2 Å². The van der Waals surface area contributed by atoms with E-state index in [4.69, 9.17) is 0 Å². The fourth-order valence-electron chi connectivity index (χ4n) is 3.60. The number of rotatable bonds is 7. The summed E-state index contributed by atoms with van der Waals surface area (Å²) in [5.74, 6) is -0.350. The molecule has 0 spiro atoms. The van der Waals surface area contributed by atoms with Crippen molar-refractivity contribution in [2.45, 2.75) is 30.7 Å². The predicted molar refractivity (Wildman–Crippen MR) is 121 cm³/mol. The summed E-state index contributed by atoms with van der Waals surface area (Å²) in [6.07, 6.45) is 4.70. The Morgan fingerprint density at radius 1 is 1.22 bits per heavy atom. The lowest BCUT2D eigenvalue weighted by atomic mass is 10.0. The first-order valence-corrected chi connectivity index (χ1v) is 11.8.